The van der Waals surface area contributed by atoms with E-state index in [9.17, 15) is 10.1 Å². The Kier molecular flexibility index (Phi) is 5.97. The number of anilines is 1. The van der Waals surface area contributed by atoms with Crippen molar-refractivity contribution < 1.29 is 9.66 Å². The zero-order chi connectivity index (χ0) is 15.9. The minimum Gasteiger partial charge on any atom is -0.476 e. The van der Waals surface area contributed by atoms with E-state index in [2.05, 4.69) is 15.1 Å². The lowest BCUT2D eigenvalue weighted by atomic mass is 10.2. The fraction of sp³-hybridized carbons (Fsp3) is 0.600. The second kappa shape index (κ2) is 7.95. The molecule has 0 unspecified atom stereocenters. The van der Waals surface area contributed by atoms with Gasteiger partial charge in [0.05, 0.1) is 10.6 Å². The second-order valence-electron chi connectivity index (χ2n) is 5.59. The molecule has 1 aromatic rings. The van der Waals surface area contributed by atoms with Crippen LogP contribution in [0.1, 0.15) is 12.8 Å². The van der Waals surface area contributed by atoms with Gasteiger partial charge in [-0.3, -0.25) is 15.0 Å². The summed E-state index contributed by atoms with van der Waals surface area (Å²) in [6, 6.07) is 4.58. The maximum atomic E-state index is 10.8. The van der Waals surface area contributed by atoms with E-state index in [1.807, 2.05) is 7.05 Å². The van der Waals surface area contributed by atoms with Crippen molar-refractivity contribution in [3.8, 4) is 5.75 Å². The SMILES string of the molecule is CNc1cc([N+](=O)[O-])ccc1OCN(C)CCN1CCCC1. The van der Waals surface area contributed by atoms with Crippen molar-refractivity contribution in [3.63, 3.8) is 0 Å². The Bertz CT molecular complexity index is 504. The molecule has 7 heteroatoms. The van der Waals surface area contributed by atoms with Gasteiger partial charge in [0.2, 0.25) is 0 Å². The Morgan fingerprint density at radius 2 is 2.14 bits per heavy atom. The van der Waals surface area contributed by atoms with Crippen molar-refractivity contribution in [2.24, 2.45) is 0 Å². The average Bonchev–Trinajstić information content (AvgIpc) is 3.04. The van der Waals surface area contributed by atoms with Gasteiger partial charge in [0, 0.05) is 32.3 Å². The fourth-order valence-corrected chi connectivity index (χ4v) is 2.52. The number of likely N-dealkylation sites (N-methyl/N-ethyl adjacent to an activating group) is 1. The number of nitro groups is 1. The summed E-state index contributed by atoms with van der Waals surface area (Å²) in [5.41, 5.74) is 0.682. The van der Waals surface area contributed by atoms with E-state index in [-0.39, 0.29) is 5.69 Å². The van der Waals surface area contributed by atoms with E-state index >= 15 is 0 Å². The maximum absolute atomic E-state index is 10.8. The van der Waals surface area contributed by atoms with Crippen LogP contribution in [0.4, 0.5) is 11.4 Å². The molecule has 0 amide bonds. The number of hydrogen-bond acceptors (Lipinski definition) is 6. The second-order valence-corrected chi connectivity index (χ2v) is 5.59. The van der Waals surface area contributed by atoms with Crippen LogP contribution in [0.2, 0.25) is 0 Å². The predicted molar refractivity (Wildman–Crippen MR) is 86.4 cm³/mol. The van der Waals surface area contributed by atoms with Crippen LogP contribution in [-0.4, -0.2) is 61.7 Å². The quantitative estimate of drug-likeness (QED) is 0.450. The summed E-state index contributed by atoms with van der Waals surface area (Å²) in [7, 11) is 3.74. The minimum atomic E-state index is -0.410. The molecule has 0 atom stereocenters. The van der Waals surface area contributed by atoms with Crippen LogP contribution in [0.5, 0.6) is 5.75 Å². The van der Waals surface area contributed by atoms with Crippen molar-refractivity contribution in [2.75, 3.05) is 52.3 Å². The number of rotatable bonds is 8. The van der Waals surface area contributed by atoms with Crippen LogP contribution in [0, 0.1) is 10.1 Å². The van der Waals surface area contributed by atoms with E-state index in [1.54, 1.807) is 13.1 Å². The summed E-state index contributed by atoms with van der Waals surface area (Å²) >= 11 is 0. The minimum absolute atomic E-state index is 0.0547. The van der Waals surface area contributed by atoms with Gasteiger partial charge >= 0.3 is 0 Å². The summed E-state index contributed by atoms with van der Waals surface area (Å²) in [5.74, 6) is 0.626. The predicted octanol–water partition coefficient (Wildman–Crippen LogP) is 2.00. The fourth-order valence-electron chi connectivity index (χ4n) is 2.52. The number of nitrogens with zero attached hydrogens (tertiary/aromatic N) is 3. The van der Waals surface area contributed by atoms with Gasteiger partial charge in [-0.05, 0) is 39.0 Å². The Labute approximate surface area is 131 Å². The lowest BCUT2D eigenvalue weighted by Gasteiger charge is -2.22. The van der Waals surface area contributed by atoms with Crippen molar-refractivity contribution in [1.82, 2.24) is 9.80 Å². The summed E-state index contributed by atoms with van der Waals surface area (Å²) in [5, 5.41) is 13.7. The number of hydrogen-bond donors (Lipinski definition) is 1. The first-order chi connectivity index (χ1) is 10.6. The number of ether oxygens (including phenoxy) is 1. The Morgan fingerprint density at radius 3 is 2.77 bits per heavy atom. The van der Waals surface area contributed by atoms with E-state index < -0.39 is 4.92 Å². The van der Waals surface area contributed by atoms with Crippen molar-refractivity contribution in [1.29, 1.82) is 0 Å². The van der Waals surface area contributed by atoms with Crippen LogP contribution in [0.15, 0.2) is 18.2 Å². The van der Waals surface area contributed by atoms with E-state index in [4.69, 9.17) is 4.74 Å². The van der Waals surface area contributed by atoms with E-state index in [0.717, 1.165) is 13.1 Å². The normalized spacial score (nSPS) is 15.2. The van der Waals surface area contributed by atoms with Crippen LogP contribution < -0.4 is 10.1 Å². The molecular weight excluding hydrogens is 284 g/mol. The van der Waals surface area contributed by atoms with Gasteiger partial charge in [-0.25, -0.2) is 0 Å². The highest BCUT2D eigenvalue weighted by atomic mass is 16.6. The highest BCUT2D eigenvalue weighted by Crippen LogP contribution is 2.28. The first kappa shape index (κ1) is 16.5. The molecule has 1 saturated heterocycles. The van der Waals surface area contributed by atoms with Gasteiger partial charge in [-0.1, -0.05) is 0 Å². The Morgan fingerprint density at radius 1 is 1.41 bits per heavy atom. The van der Waals surface area contributed by atoms with Gasteiger partial charge in [0.25, 0.3) is 5.69 Å². The standard InChI is InChI=1S/C15H24N4O3/c1-16-14-11-13(19(20)21)5-6-15(14)22-12-17(2)9-10-18-7-3-4-8-18/h5-6,11,16H,3-4,7-10,12H2,1-2H3. The number of benzene rings is 1. The zero-order valence-corrected chi connectivity index (χ0v) is 13.2. The largest absolute Gasteiger partial charge is 0.476 e. The molecule has 0 bridgehead atoms. The number of nitrogens with one attached hydrogen (secondary N) is 1. The summed E-state index contributed by atoms with van der Waals surface area (Å²) in [6.45, 7) is 4.85. The third-order valence-corrected chi connectivity index (χ3v) is 3.88. The third-order valence-electron chi connectivity index (χ3n) is 3.88. The molecule has 122 valence electrons. The number of likely N-dealkylation sites (tertiary alicyclic amines) is 1. The van der Waals surface area contributed by atoms with Gasteiger partial charge < -0.3 is 15.0 Å². The Balaban J connectivity index is 1.83. The van der Waals surface area contributed by atoms with Crippen LogP contribution in [0.3, 0.4) is 0 Å². The molecule has 0 saturated carbocycles. The molecule has 1 aliphatic rings. The van der Waals surface area contributed by atoms with Crippen molar-refractivity contribution in [3.05, 3.63) is 28.3 Å². The lowest BCUT2D eigenvalue weighted by molar-refractivity contribution is -0.384. The van der Waals surface area contributed by atoms with E-state index in [1.165, 1.54) is 38.1 Å². The summed E-state index contributed by atoms with van der Waals surface area (Å²) in [6.07, 6.45) is 2.60. The topological polar surface area (TPSA) is 70.9 Å². The molecule has 0 aromatic heterocycles. The summed E-state index contributed by atoms with van der Waals surface area (Å²) in [4.78, 5) is 14.9. The average molecular weight is 308 g/mol. The molecule has 7 nitrogen and oxygen atoms in total. The maximum Gasteiger partial charge on any atom is 0.271 e. The molecule has 0 aliphatic carbocycles. The van der Waals surface area contributed by atoms with Gasteiger partial charge in [0.15, 0.2) is 0 Å². The monoisotopic (exact) mass is 308 g/mol. The van der Waals surface area contributed by atoms with Crippen LogP contribution in [-0.2, 0) is 0 Å². The molecule has 2 rings (SSSR count). The van der Waals surface area contributed by atoms with Gasteiger partial charge in [-0.2, -0.15) is 0 Å². The van der Waals surface area contributed by atoms with Crippen molar-refractivity contribution >= 4 is 11.4 Å². The zero-order valence-electron chi connectivity index (χ0n) is 13.2. The molecular formula is C15H24N4O3. The molecule has 1 N–H and O–H groups in total. The lowest BCUT2D eigenvalue weighted by Crippen LogP contribution is -2.33. The first-order valence-electron chi connectivity index (χ1n) is 7.60. The van der Waals surface area contributed by atoms with Crippen molar-refractivity contribution in [2.45, 2.75) is 12.8 Å². The number of non-ortho nitro benzene ring substituents is 1. The number of nitro benzene ring substituents is 1. The molecule has 1 fully saturated rings. The smallest absolute Gasteiger partial charge is 0.271 e. The van der Waals surface area contributed by atoms with Gasteiger partial charge in [0.1, 0.15) is 12.5 Å². The van der Waals surface area contributed by atoms with E-state index in [0.29, 0.717) is 18.2 Å². The molecule has 0 spiro atoms. The van der Waals surface area contributed by atoms with Crippen LogP contribution >= 0.6 is 0 Å². The molecule has 1 heterocycles. The Hall–Kier alpha value is -1.86. The van der Waals surface area contributed by atoms with Gasteiger partial charge in [-0.15, -0.1) is 0 Å². The first-order valence-corrected chi connectivity index (χ1v) is 7.60. The molecule has 1 aliphatic heterocycles. The molecule has 0 radical (unpaired) electrons. The third kappa shape index (κ3) is 4.57. The molecule has 22 heavy (non-hydrogen) atoms. The highest BCUT2D eigenvalue weighted by molar-refractivity contribution is 5.61. The molecule has 1 aromatic carbocycles. The van der Waals surface area contributed by atoms with Crippen LogP contribution in [0.25, 0.3) is 0 Å². The summed E-state index contributed by atoms with van der Waals surface area (Å²) < 4.78 is 5.76. The highest BCUT2D eigenvalue weighted by Gasteiger charge is 2.13.